The average Bonchev–Trinajstić information content (AvgIpc) is 2.57. The molecule has 0 aromatic heterocycles. The Morgan fingerprint density at radius 2 is 1.35 bits per heavy atom. The third-order valence-electron chi connectivity index (χ3n) is 2.74. The van der Waals surface area contributed by atoms with Crippen molar-refractivity contribution in [2.45, 2.75) is 13.8 Å². The Bertz CT molecular complexity index is 626. The number of rotatable bonds is 4. The number of benzene rings is 2. The Hall–Kier alpha value is -2.82. The van der Waals surface area contributed by atoms with Gasteiger partial charge in [0.1, 0.15) is 0 Å². The van der Waals surface area contributed by atoms with Crippen LogP contribution < -0.4 is 5.73 Å². The molecule has 23 heavy (non-hydrogen) atoms. The Kier molecular flexibility index (Phi) is 7.92. The number of carbonyl (C=O) groups is 2. The molecular weight excluding hydrogens is 294 g/mol. The minimum atomic E-state index is -0.365. The lowest BCUT2D eigenvalue weighted by Gasteiger charge is -2.03. The van der Waals surface area contributed by atoms with Gasteiger partial charge in [0.05, 0.1) is 24.3 Å². The van der Waals surface area contributed by atoms with Crippen LogP contribution >= 0.6 is 0 Å². The fourth-order valence-corrected chi connectivity index (χ4v) is 1.68. The monoisotopic (exact) mass is 315 g/mol. The minimum absolute atomic E-state index is 0.256. The Morgan fingerprint density at radius 3 is 1.91 bits per heavy atom. The number of ether oxygens (including phenoxy) is 2. The Labute approximate surface area is 136 Å². The van der Waals surface area contributed by atoms with E-state index < -0.39 is 0 Å². The third kappa shape index (κ3) is 6.22. The molecule has 0 unspecified atom stereocenters. The zero-order valence-electron chi connectivity index (χ0n) is 13.3. The highest BCUT2D eigenvalue weighted by Gasteiger charge is 2.08. The lowest BCUT2D eigenvalue weighted by molar-refractivity contribution is 0.0517. The molecule has 2 aromatic carbocycles. The van der Waals surface area contributed by atoms with E-state index in [0.717, 1.165) is 0 Å². The maximum atomic E-state index is 11.2. The number of nitrogen functional groups attached to an aromatic ring is 1. The molecule has 0 amide bonds. The highest BCUT2D eigenvalue weighted by atomic mass is 16.5. The van der Waals surface area contributed by atoms with Crippen molar-refractivity contribution in [2.24, 2.45) is 0 Å². The van der Waals surface area contributed by atoms with Gasteiger partial charge in [0, 0.05) is 5.69 Å². The van der Waals surface area contributed by atoms with Crippen LogP contribution in [0.1, 0.15) is 34.6 Å². The Balaban J connectivity index is 0.000000231. The normalized spacial score (nSPS) is 9.30. The van der Waals surface area contributed by atoms with Crippen LogP contribution in [-0.2, 0) is 9.47 Å². The number of hydrogen-bond acceptors (Lipinski definition) is 5. The van der Waals surface area contributed by atoms with Crippen molar-refractivity contribution in [3.63, 3.8) is 0 Å². The summed E-state index contributed by atoms with van der Waals surface area (Å²) in [5, 5.41) is 0. The average molecular weight is 315 g/mol. The van der Waals surface area contributed by atoms with Gasteiger partial charge in [-0.05, 0) is 38.1 Å². The molecule has 0 aliphatic rings. The second-order valence-corrected chi connectivity index (χ2v) is 4.39. The number of anilines is 1. The summed E-state index contributed by atoms with van der Waals surface area (Å²) in [5.41, 5.74) is 7.04. The van der Waals surface area contributed by atoms with Crippen LogP contribution in [0.5, 0.6) is 0 Å². The van der Waals surface area contributed by atoms with Gasteiger partial charge in [0.15, 0.2) is 0 Å². The van der Waals surface area contributed by atoms with Gasteiger partial charge in [-0.25, -0.2) is 9.59 Å². The van der Waals surface area contributed by atoms with Gasteiger partial charge in [-0.2, -0.15) is 0 Å². The van der Waals surface area contributed by atoms with Crippen molar-refractivity contribution < 1.29 is 19.1 Å². The standard InChI is InChI=1S/C9H11NO2.C9H10O2/c1-2-12-9(11)7-5-3-4-6-8(7)10;1-2-11-9(10)8-6-4-3-5-7-8/h3-6H,2,10H2,1H3;3-7H,2H2,1H3. The predicted molar refractivity (Wildman–Crippen MR) is 89.2 cm³/mol. The van der Waals surface area contributed by atoms with Gasteiger partial charge in [-0.3, -0.25) is 0 Å². The smallest absolute Gasteiger partial charge is 0.340 e. The highest BCUT2D eigenvalue weighted by Crippen LogP contribution is 2.11. The van der Waals surface area contributed by atoms with Crippen molar-refractivity contribution in [2.75, 3.05) is 18.9 Å². The zero-order chi connectivity index (χ0) is 17.1. The van der Waals surface area contributed by atoms with E-state index in [4.69, 9.17) is 15.2 Å². The molecule has 122 valence electrons. The van der Waals surface area contributed by atoms with Crippen LogP contribution in [0, 0.1) is 0 Å². The highest BCUT2D eigenvalue weighted by molar-refractivity contribution is 5.94. The molecule has 5 nitrogen and oxygen atoms in total. The topological polar surface area (TPSA) is 78.6 Å². The number of para-hydroxylation sites is 1. The van der Waals surface area contributed by atoms with Crippen molar-refractivity contribution in [1.29, 1.82) is 0 Å². The molecule has 5 heteroatoms. The van der Waals surface area contributed by atoms with E-state index in [1.165, 1.54) is 0 Å². The molecule has 2 N–H and O–H groups in total. The van der Waals surface area contributed by atoms with E-state index in [1.54, 1.807) is 50.2 Å². The van der Waals surface area contributed by atoms with Crippen LogP contribution in [0.3, 0.4) is 0 Å². The van der Waals surface area contributed by atoms with Crippen LogP contribution in [-0.4, -0.2) is 25.2 Å². The van der Waals surface area contributed by atoms with Crippen molar-refractivity contribution >= 4 is 17.6 Å². The number of hydrogen-bond donors (Lipinski definition) is 1. The molecule has 0 fully saturated rings. The molecule has 0 saturated heterocycles. The molecule has 0 saturated carbocycles. The summed E-state index contributed by atoms with van der Waals surface area (Å²) in [6.07, 6.45) is 0. The largest absolute Gasteiger partial charge is 0.462 e. The summed E-state index contributed by atoms with van der Waals surface area (Å²) >= 11 is 0. The quantitative estimate of drug-likeness (QED) is 0.691. The van der Waals surface area contributed by atoms with Gasteiger partial charge in [0.25, 0.3) is 0 Å². The summed E-state index contributed by atoms with van der Waals surface area (Å²) in [6.45, 7) is 4.35. The van der Waals surface area contributed by atoms with Crippen LogP contribution in [0.25, 0.3) is 0 Å². The molecule has 0 atom stereocenters. The fraction of sp³-hybridized carbons (Fsp3) is 0.222. The van der Waals surface area contributed by atoms with E-state index in [0.29, 0.717) is 30.0 Å². The number of esters is 2. The summed E-state index contributed by atoms with van der Waals surface area (Å²) in [5.74, 6) is -0.622. The number of nitrogens with two attached hydrogens (primary N) is 1. The third-order valence-corrected chi connectivity index (χ3v) is 2.74. The summed E-state index contributed by atoms with van der Waals surface area (Å²) < 4.78 is 9.58. The second-order valence-electron chi connectivity index (χ2n) is 4.39. The lowest BCUT2D eigenvalue weighted by Crippen LogP contribution is -2.07. The first-order valence-corrected chi connectivity index (χ1v) is 7.33. The van der Waals surface area contributed by atoms with Gasteiger partial charge in [0.2, 0.25) is 0 Å². The van der Waals surface area contributed by atoms with Gasteiger partial charge >= 0.3 is 11.9 Å². The van der Waals surface area contributed by atoms with Gasteiger partial charge in [-0.1, -0.05) is 30.3 Å². The minimum Gasteiger partial charge on any atom is -0.462 e. The SMILES string of the molecule is CCOC(=O)c1ccccc1.CCOC(=O)c1ccccc1N. The fourth-order valence-electron chi connectivity index (χ4n) is 1.68. The summed E-state index contributed by atoms with van der Waals surface area (Å²) in [6, 6.07) is 15.8. The van der Waals surface area contributed by atoms with E-state index >= 15 is 0 Å². The van der Waals surface area contributed by atoms with E-state index in [-0.39, 0.29) is 11.9 Å². The van der Waals surface area contributed by atoms with Crippen molar-refractivity contribution in [3.05, 3.63) is 65.7 Å². The molecule has 0 heterocycles. The zero-order valence-corrected chi connectivity index (χ0v) is 13.3. The molecule has 2 aromatic rings. The van der Waals surface area contributed by atoms with Crippen molar-refractivity contribution in [3.8, 4) is 0 Å². The maximum absolute atomic E-state index is 11.2. The number of carbonyl (C=O) groups excluding carboxylic acids is 2. The van der Waals surface area contributed by atoms with E-state index in [9.17, 15) is 9.59 Å². The van der Waals surface area contributed by atoms with Crippen LogP contribution in [0.4, 0.5) is 5.69 Å². The van der Waals surface area contributed by atoms with E-state index in [1.807, 2.05) is 18.2 Å². The molecule has 0 aliphatic carbocycles. The van der Waals surface area contributed by atoms with Gasteiger partial charge in [-0.15, -0.1) is 0 Å². The summed E-state index contributed by atoms with van der Waals surface area (Å²) in [4.78, 5) is 22.2. The maximum Gasteiger partial charge on any atom is 0.340 e. The first-order chi connectivity index (χ1) is 11.1. The van der Waals surface area contributed by atoms with Crippen LogP contribution in [0.2, 0.25) is 0 Å². The molecular formula is C18H21NO4. The second kappa shape index (κ2) is 10.00. The molecule has 0 radical (unpaired) electrons. The lowest BCUT2D eigenvalue weighted by atomic mass is 10.2. The Morgan fingerprint density at radius 1 is 0.826 bits per heavy atom. The van der Waals surface area contributed by atoms with E-state index in [2.05, 4.69) is 0 Å². The molecule has 0 spiro atoms. The predicted octanol–water partition coefficient (Wildman–Crippen LogP) is 3.31. The summed E-state index contributed by atoms with van der Waals surface area (Å²) in [7, 11) is 0. The van der Waals surface area contributed by atoms with Gasteiger partial charge < -0.3 is 15.2 Å². The molecule has 0 aliphatic heterocycles. The first kappa shape index (κ1) is 18.2. The van der Waals surface area contributed by atoms with Crippen molar-refractivity contribution in [1.82, 2.24) is 0 Å². The molecule has 0 bridgehead atoms. The van der Waals surface area contributed by atoms with Crippen LogP contribution in [0.15, 0.2) is 54.6 Å². The first-order valence-electron chi connectivity index (χ1n) is 7.33. The molecule has 2 rings (SSSR count).